The van der Waals surface area contributed by atoms with E-state index >= 15 is 0 Å². The molecule has 0 aromatic heterocycles. The molecule has 1 fully saturated rings. The largest absolute Gasteiger partial charge is 0.396 e. The highest BCUT2D eigenvalue weighted by molar-refractivity contribution is 4.92. The van der Waals surface area contributed by atoms with Gasteiger partial charge >= 0.3 is 0 Å². The summed E-state index contributed by atoms with van der Waals surface area (Å²) in [5, 5.41) is 26.9. The highest BCUT2D eigenvalue weighted by atomic mass is 16.3. The van der Waals surface area contributed by atoms with Gasteiger partial charge in [0.25, 0.3) is 0 Å². The number of aliphatic hydroxyl groups excluding tert-OH is 3. The van der Waals surface area contributed by atoms with E-state index in [1.165, 1.54) is 0 Å². The van der Waals surface area contributed by atoms with Crippen molar-refractivity contribution in [3.63, 3.8) is 0 Å². The van der Waals surface area contributed by atoms with Crippen LogP contribution < -0.4 is 5.73 Å². The molecule has 4 nitrogen and oxygen atoms in total. The topological polar surface area (TPSA) is 86.7 Å². The first-order valence-corrected chi connectivity index (χ1v) is 3.39. The molecule has 5 N–H and O–H groups in total. The molecule has 0 radical (unpaired) electrons. The first kappa shape index (κ1) is 7.94. The standard InChI is InChI=1S/C6H13NO3/c7-4-1-3(2-8)5(9)6(4)10/h3-6,8-10H,1-2,7H2/t3-,4+,5+,6-/m0/s1. The van der Waals surface area contributed by atoms with Crippen LogP contribution in [0.25, 0.3) is 0 Å². The highest BCUT2D eigenvalue weighted by Crippen LogP contribution is 2.24. The zero-order valence-electron chi connectivity index (χ0n) is 5.64. The molecule has 0 amide bonds. The van der Waals surface area contributed by atoms with Gasteiger partial charge in [0.05, 0.1) is 12.2 Å². The first-order chi connectivity index (χ1) is 4.66. The van der Waals surface area contributed by atoms with Gasteiger partial charge in [-0.25, -0.2) is 0 Å². The molecular weight excluding hydrogens is 134 g/mol. The summed E-state index contributed by atoms with van der Waals surface area (Å²) in [7, 11) is 0. The van der Waals surface area contributed by atoms with Crippen LogP contribution in [0, 0.1) is 5.92 Å². The van der Waals surface area contributed by atoms with Crippen molar-refractivity contribution in [2.24, 2.45) is 11.7 Å². The van der Waals surface area contributed by atoms with Crippen LogP contribution in [0.4, 0.5) is 0 Å². The zero-order chi connectivity index (χ0) is 7.72. The van der Waals surface area contributed by atoms with Crippen molar-refractivity contribution >= 4 is 0 Å². The Kier molecular flexibility index (Phi) is 2.25. The molecule has 1 rings (SSSR count). The maximum Gasteiger partial charge on any atom is 0.0953 e. The van der Waals surface area contributed by atoms with Crippen LogP contribution in [-0.4, -0.2) is 40.2 Å². The second-order valence-corrected chi connectivity index (χ2v) is 2.82. The summed E-state index contributed by atoms with van der Waals surface area (Å²) >= 11 is 0. The van der Waals surface area contributed by atoms with Gasteiger partial charge in [0.1, 0.15) is 0 Å². The predicted molar refractivity (Wildman–Crippen MR) is 35.2 cm³/mol. The van der Waals surface area contributed by atoms with Gasteiger partial charge in [0.15, 0.2) is 0 Å². The van der Waals surface area contributed by atoms with E-state index in [4.69, 9.17) is 21.1 Å². The van der Waals surface area contributed by atoms with Crippen molar-refractivity contribution in [1.82, 2.24) is 0 Å². The van der Waals surface area contributed by atoms with Crippen molar-refractivity contribution < 1.29 is 15.3 Å². The maximum atomic E-state index is 9.14. The molecule has 10 heavy (non-hydrogen) atoms. The quantitative estimate of drug-likeness (QED) is 0.347. The second-order valence-electron chi connectivity index (χ2n) is 2.82. The Hall–Kier alpha value is -0.160. The molecule has 0 spiro atoms. The Labute approximate surface area is 59.3 Å². The summed E-state index contributed by atoms with van der Waals surface area (Å²) in [6, 6.07) is -0.382. The van der Waals surface area contributed by atoms with Gasteiger partial charge in [-0.2, -0.15) is 0 Å². The molecule has 4 atom stereocenters. The average molecular weight is 147 g/mol. The Balaban J connectivity index is 2.53. The lowest BCUT2D eigenvalue weighted by atomic mass is 10.1. The average Bonchev–Trinajstić information content (AvgIpc) is 2.17. The Morgan fingerprint density at radius 2 is 1.90 bits per heavy atom. The molecule has 0 aromatic carbocycles. The summed E-state index contributed by atoms with van der Waals surface area (Å²) in [5.74, 6) is -0.245. The molecule has 1 aliphatic carbocycles. The van der Waals surface area contributed by atoms with Crippen molar-refractivity contribution in [1.29, 1.82) is 0 Å². The minimum atomic E-state index is -0.864. The van der Waals surface area contributed by atoms with Crippen molar-refractivity contribution in [2.75, 3.05) is 6.61 Å². The first-order valence-electron chi connectivity index (χ1n) is 3.39. The zero-order valence-corrected chi connectivity index (χ0v) is 5.64. The van der Waals surface area contributed by atoms with Gasteiger partial charge in [-0.1, -0.05) is 0 Å². The molecule has 0 bridgehead atoms. The van der Waals surface area contributed by atoms with Crippen LogP contribution in [-0.2, 0) is 0 Å². The van der Waals surface area contributed by atoms with Gasteiger partial charge in [-0.15, -0.1) is 0 Å². The normalized spacial score (nSPS) is 48.0. The van der Waals surface area contributed by atoms with Crippen LogP contribution in [0.2, 0.25) is 0 Å². The van der Waals surface area contributed by atoms with Gasteiger partial charge in [0, 0.05) is 18.6 Å². The Bertz CT molecular complexity index is 120. The lowest BCUT2D eigenvalue weighted by molar-refractivity contribution is 0.00300. The molecule has 0 aliphatic heterocycles. The van der Waals surface area contributed by atoms with E-state index in [-0.39, 0.29) is 18.6 Å². The monoisotopic (exact) mass is 147 g/mol. The van der Waals surface area contributed by atoms with Crippen LogP contribution in [0.5, 0.6) is 0 Å². The van der Waals surface area contributed by atoms with E-state index in [0.717, 1.165) is 0 Å². The van der Waals surface area contributed by atoms with Crippen LogP contribution in [0.15, 0.2) is 0 Å². The molecule has 1 saturated carbocycles. The van der Waals surface area contributed by atoms with Crippen molar-refractivity contribution in [2.45, 2.75) is 24.7 Å². The molecule has 60 valence electrons. The second kappa shape index (κ2) is 2.84. The van der Waals surface area contributed by atoms with Crippen LogP contribution in [0.3, 0.4) is 0 Å². The number of nitrogens with two attached hydrogens (primary N) is 1. The third-order valence-corrected chi connectivity index (χ3v) is 2.08. The number of hydrogen-bond donors (Lipinski definition) is 4. The number of rotatable bonds is 1. The van der Waals surface area contributed by atoms with Crippen molar-refractivity contribution in [3.05, 3.63) is 0 Å². The van der Waals surface area contributed by atoms with E-state index in [1.807, 2.05) is 0 Å². The Morgan fingerprint density at radius 3 is 2.10 bits per heavy atom. The van der Waals surface area contributed by atoms with Crippen LogP contribution >= 0.6 is 0 Å². The molecule has 4 heteroatoms. The fourth-order valence-corrected chi connectivity index (χ4v) is 1.34. The number of hydrogen-bond acceptors (Lipinski definition) is 4. The van der Waals surface area contributed by atoms with Gasteiger partial charge in [-0.05, 0) is 6.42 Å². The smallest absolute Gasteiger partial charge is 0.0953 e. The molecule has 0 saturated heterocycles. The third kappa shape index (κ3) is 1.15. The van der Waals surface area contributed by atoms with E-state index in [9.17, 15) is 0 Å². The predicted octanol–water partition coefficient (Wildman–Crippen LogP) is -1.95. The summed E-state index contributed by atoms with van der Waals surface area (Å²) in [4.78, 5) is 0. The summed E-state index contributed by atoms with van der Waals surface area (Å²) in [6.07, 6.45) is -1.21. The lowest BCUT2D eigenvalue weighted by Crippen LogP contribution is -2.35. The number of aliphatic hydroxyl groups is 3. The highest BCUT2D eigenvalue weighted by Gasteiger charge is 2.38. The molecule has 1 aliphatic rings. The summed E-state index contributed by atoms with van der Waals surface area (Å²) in [5.41, 5.74) is 5.41. The summed E-state index contributed by atoms with van der Waals surface area (Å²) < 4.78 is 0. The molecule has 0 aromatic rings. The fourth-order valence-electron chi connectivity index (χ4n) is 1.34. The lowest BCUT2D eigenvalue weighted by Gasteiger charge is -2.13. The minimum absolute atomic E-state index is 0.105. The third-order valence-electron chi connectivity index (χ3n) is 2.08. The molecular formula is C6H13NO3. The van der Waals surface area contributed by atoms with E-state index in [0.29, 0.717) is 6.42 Å². The Morgan fingerprint density at radius 1 is 1.30 bits per heavy atom. The minimum Gasteiger partial charge on any atom is -0.396 e. The van der Waals surface area contributed by atoms with Crippen molar-refractivity contribution in [3.8, 4) is 0 Å². The molecule has 0 heterocycles. The maximum absolute atomic E-state index is 9.14. The van der Waals surface area contributed by atoms with Crippen LogP contribution in [0.1, 0.15) is 6.42 Å². The van der Waals surface area contributed by atoms with Gasteiger partial charge in [-0.3, -0.25) is 0 Å². The molecule has 0 unspecified atom stereocenters. The summed E-state index contributed by atoms with van der Waals surface area (Å²) in [6.45, 7) is -0.105. The fraction of sp³-hybridized carbons (Fsp3) is 1.00. The van der Waals surface area contributed by atoms with E-state index in [1.54, 1.807) is 0 Å². The van der Waals surface area contributed by atoms with Gasteiger partial charge < -0.3 is 21.1 Å². The SMILES string of the molecule is N[C@@H]1C[C@@H](CO)[C@@H](O)[C@H]1O. The van der Waals surface area contributed by atoms with E-state index in [2.05, 4.69) is 0 Å². The van der Waals surface area contributed by atoms with Gasteiger partial charge in [0.2, 0.25) is 0 Å². The van der Waals surface area contributed by atoms with E-state index < -0.39 is 12.2 Å².